The van der Waals surface area contributed by atoms with E-state index in [2.05, 4.69) is 21.2 Å². The number of ether oxygens (including phenoxy) is 1. The second-order valence-corrected chi connectivity index (χ2v) is 4.30. The molecule has 3 nitrogen and oxygen atoms in total. The molecule has 1 atom stereocenters. The van der Waals surface area contributed by atoms with Crippen LogP contribution in [0.15, 0.2) is 15.9 Å². The van der Waals surface area contributed by atoms with E-state index in [0.717, 1.165) is 9.35 Å². The first-order valence-corrected chi connectivity index (χ1v) is 5.11. The lowest BCUT2D eigenvalue weighted by Gasteiger charge is -2.02. The normalized spacial score (nSPS) is 22.1. The smallest absolute Gasteiger partial charge is 0.407 e. The molecule has 1 unspecified atom stereocenters. The molecular formula is C7H6BrNO2S. The summed E-state index contributed by atoms with van der Waals surface area (Å²) in [6.07, 6.45) is -0.432. The van der Waals surface area contributed by atoms with Crippen LogP contribution in [0.5, 0.6) is 0 Å². The lowest BCUT2D eigenvalue weighted by molar-refractivity contribution is 0.142. The molecule has 1 fully saturated rings. The maximum Gasteiger partial charge on any atom is 0.407 e. The molecule has 1 amide bonds. The maximum atomic E-state index is 10.7. The van der Waals surface area contributed by atoms with Gasteiger partial charge in [0.2, 0.25) is 0 Å². The Bertz CT molecular complexity index is 312. The van der Waals surface area contributed by atoms with E-state index in [9.17, 15) is 4.79 Å². The van der Waals surface area contributed by atoms with E-state index in [1.54, 1.807) is 11.3 Å². The van der Waals surface area contributed by atoms with Crippen molar-refractivity contribution in [2.24, 2.45) is 0 Å². The van der Waals surface area contributed by atoms with E-state index in [1.165, 1.54) is 0 Å². The van der Waals surface area contributed by atoms with Gasteiger partial charge in [0.1, 0.15) is 0 Å². The second-order valence-electron chi connectivity index (χ2n) is 2.44. The number of carbonyl (C=O) groups is 1. The number of nitrogens with one attached hydrogen (secondary N) is 1. The van der Waals surface area contributed by atoms with E-state index in [0.29, 0.717) is 6.54 Å². The number of alkyl carbamates (subject to hydrolysis) is 1. The third kappa shape index (κ3) is 1.47. The van der Waals surface area contributed by atoms with Gasteiger partial charge in [0.15, 0.2) is 6.10 Å². The average Bonchev–Trinajstić information content (AvgIpc) is 2.58. The molecule has 0 spiro atoms. The van der Waals surface area contributed by atoms with Gasteiger partial charge in [0.05, 0.1) is 6.54 Å². The van der Waals surface area contributed by atoms with Crippen LogP contribution in [0.4, 0.5) is 4.79 Å². The van der Waals surface area contributed by atoms with Gasteiger partial charge in [-0.25, -0.2) is 4.79 Å². The molecule has 1 aromatic rings. The van der Waals surface area contributed by atoms with Crippen LogP contribution in [0.25, 0.3) is 0 Å². The molecule has 0 radical (unpaired) electrons. The Morgan fingerprint density at radius 2 is 2.58 bits per heavy atom. The monoisotopic (exact) mass is 247 g/mol. The Morgan fingerprint density at radius 3 is 3.08 bits per heavy atom. The standard InChI is InChI=1S/C7H6BrNO2S/c8-4-1-6(12-3-4)5-2-9-7(10)11-5/h1,3,5H,2H2,(H,9,10). The summed E-state index contributed by atoms with van der Waals surface area (Å²) in [5.41, 5.74) is 0. The van der Waals surface area contributed by atoms with Crippen molar-refractivity contribution in [2.45, 2.75) is 6.10 Å². The van der Waals surface area contributed by atoms with Crippen LogP contribution in [-0.4, -0.2) is 12.6 Å². The summed E-state index contributed by atoms with van der Waals surface area (Å²) in [5, 5.41) is 4.58. The van der Waals surface area contributed by atoms with Gasteiger partial charge in [-0.05, 0) is 22.0 Å². The summed E-state index contributed by atoms with van der Waals surface area (Å²) in [4.78, 5) is 11.8. The highest BCUT2D eigenvalue weighted by molar-refractivity contribution is 9.10. The van der Waals surface area contributed by atoms with Crippen LogP contribution in [0.2, 0.25) is 0 Å². The van der Waals surface area contributed by atoms with Crippen molar-refractivity contribution in [3.05, 3.63) is 20.8 Å². The topological polar surface area (TPSA) is 38.3 Å². The largest absolute Gasteiger partial charge is 0.439 e. The predicted octanol–water partition coefficient (Wildman–Crippen LogP) is 2.29. The number of carbonyl (C=O) groups excluding carboxylic acids is 1. The third-order valence-corrected chi connectivity index (χ3v) is 3.37. The SMILES string of the molecule is O=C1NCC(c2cc(Br)cs2)O1. The first kappa shape index (κ1) is 8.07. The minimum Gasteiger partial charge on any atom is -0.439 e. The van der Waals surface area contributed by atoms with Crippen molar-refractivity contribution < 1.29 is 9.53 Å². The van der Waals surface area contributed by atoms with E-state index in [1.807, 2.05) is 11.4 Å². The first-order valence-electron chi connectivity index (χ1n) is 3.44. The zero-order valence-electron chi connectivity index (χ0n) is 6.04. The summed E-state index contributed by atoms with van der Waals surface area (Å²) in [5.74, 6) is 0. The number of hydrogen-bond acceptors (Lipinski definition) is 3. The van der Waals surface area contributed by atoms with Crippen LogP contribution in [0, 0.1) is 0 Å². The second kappa shape index (κ2) is 3.06. The molecule has 0 saturated carbocycles. The van der Waals surface area contributed by atoms with Gasteiger partial charge in [-0.15, -0.1) is 11.3 Å². The Balaban J connectivity index is 2.15. The van der Waals surface area contributed by atoms with Crippen LogP contribution >= 0.6 is 27.3 Å². The molecule has 12 heavy (non-hydrogen) atoms. The summed E-state index contributed by atoms with van der Waals surface area (Å²) in [6, 6.07) is 1.97. The van der Waals surface area contributed by atoms with Crippen LogP contribution in [0.1, 0.15) is 11.0 Å². The molecule has 1 N–H and O–H groups in total. The van der Waals surface area contributed by atoms with E-state index < -0.39 is 0 Å². The molecule has 0 bridgehead atoms. The Hall–Kier alpha value is -0.550. The summed E-state index contributed by atoms with van der Waals surface area (Å²) in [6.45, 7) is 0.575. The number of cyclic esters (lactones) is 1. The van der Waals surface area contributed by atoms with Crippen molar-refractivity contribution >= 4 is 33.4 Å². The van der Waals surface area contributed by atoms with Crippen LogP contribution < -0.4 is 5.32 Å². The molecule has 0 aliphatic carbocycles. The third-order valence-electron chi connectivity index (χ3n) is 1.59. The first-order chi connectivity index (χ1) is 5.75. The van der Waals surface area contributed by atoms with Crippen molar-refractivity contribution in [3.63, 3.8) is 0 Å². The summed E-state index contributed by atoms with van der Waals surface area (Å²) < 4.78 is 6.03. The zero-order chi connectivity index (χ0) is 8.55. The molecule has 1 aromatic heterocycles. The molecule has 1 aliphatic rings. The van der Waals surface area contributed by atoms with Gasteiger partial charge in [0.25, 0.3) is 0 Å². The molecule has 1 saturated heterocycles. The fraction of sp³-hybridized carbons (Fsp3) is 0.286. The summed E-state index contributed by atoms with van der Waals surface area (Å²) >= 11 is 4.93. The highest BCUT2D eigenvalue weighted by atomic mass is 79.9. The van der Waals surface area contributed by atoms with Gasteiger partial charge in [-0.2, -0.15) is 0 Å². The Morgan fingerprint density at radius 1 is 1.75 bits per heavy atom. The number of rotatable bonds is 1. The molecule has 64 valence electrons. The molecule has 0 aromatic carbocycles. The molecule has 5 heteroatoms. The molecule has 2 heterocycles. The van der Waals surface area contributed by atoms with Gasteiger partial charge in [-0.1, -0.05) is 0 Å². The summed E-state index contributed by atoms with van der Waals surface area (Å²) in [7, 11) is 0. The van der Waals surface area contributed by atoms with Crippen LogP contribution in [0.3, 0.4) is 0 Å². The fourth-order valence-corrected chi connectivity index (χ4v) is 2.52. The van der Waals surface area contributed by atoms with E-state index in [4.69, 9.17) is 4.74 Å². The highest BCUT2D eigenvalue weighted by Crippen LogP contribution is 2.29. The van der Waals surface area contributed by atoms with Crippen molar-refractivity contribution in [2.75, 3.05) is 6.54 Å². The van der Waals surface area contributed by atoms with Gasteiger partial charge >= 0.3 is 6.09 Å². The number of amides is 1. The fourth-order valence-electron chi connectivity index (χ4n) is 1.04. The van der Waals surface area contributed by atoms with Crippen molar-refractivity contribution in [1.29, 1.82) is 0 Å². The van der Waals surface area contributed by atoms with E-state index in [-0.39, 0.29) is 12.2 Å². The Kier molecular flexibility index (Phi) is 2.06. The molecule has 1 aliphatic heterocycles. The number of halogens is 1. The van der Waals surface area contributed by atoms with Gasteiger partial charge < -0.3 is 10.1 Å². The minimum absolute atomic E-state index is 0.103. The van der Waals surface area contributed by atoms with Gasteiger partial charge in [0, 0.05) is 14.7 Å². The van der Waals surface area contributed by atoms with Crippen molar-refractivity contribution in [3.8, 4) is 0 Å². The lowest BCUT2D eigenvalue weighted by Crippen LogP contribution is -2.12. The highest BCUT2D eigenvalue weighted by Gasteiger charge is 2.25. The number of hydrogen-bond donors (Lipinski definition) is 1. The molecule has 2 rings (SSSR count). The van der Waals surface area contributed by atoms with Gasteiger partial charge in [-0.3, -0.25) is 0 Å². The quantitative estimate of drug-likeness (QED) is 0.828. The van der Waals surface area contributed by atoms with Crippen molar-refractivity contribution in [1.82, 2.24) is 5.32 Å². The predicted molar refractivity (Wildman–Crippen MR) is 49.2 cm³/mol. The zero-order valence-corrected chi connectivity index (χ0v) is 8.44. The lowest BCUT2D eigenvalue weighted by atomic mass is 10.3. The average molecular weight is 248 g/mol. The van der Waals surface area contributed by atoms with Crippen LogP contribution in [-0.2, 0) is 4.74 Å². The number of thiophene rings is 1. The Labute approximate surface area is 81.9 Å². The minimum atomic E-state index is -0.329. The maximum absolute atomic E-state index is 10.7. The van der Waals surface area contributed by atoms with E-state index >= 15 is 0 Å². The molecular weight excluding hydrogens is 242 g/mol.